The summed E-state index contributed by atoms with van der Waals surface area (Å²) in [6.45, 7) is 0. The summed E-state index contributed by atoms with van der Waals surface area (Å²) >= 11 is 0. The Balaban J connectivity index is 2.29. The number of nitrogens with zero attached hydrogens (tertiary/aromatic N) is 1. The van der Waals surface area contributed by atoms with Gasteiger partial charge in [-0.2, -0.15) is 0 Å². The number of hydrogen-bond donors (Lipinski definition) is 1. The van der Waals surface area contributed by atoms with E-state index in [-0.39, 0.29) is 17.1 Å². The van der Waals surface area contributed by atoms with Gasteiger partial charge in [0.1, 0.15) is 5.75 Å². The van der Waals surface area contributed by atoms with E-state index in [0.29, 0.717) is 11.3 Å². The lowest BCUT2D eigenvalue weighted by Gasteiger charge is -2.09. The van der Waals surface area contributed by atoms with Crippen LogP contribution >= 0.6 is 0 Å². The molecule has 138 valence electrons. The standard InChI is InChI=1S/C16H16N2O7S/c1-17-26(22,23)13-7-8-15(14(10-13)18(20)21)25-12-5-3-11(4-6-12)9-16(19)24-2/h3-8,10,17H,9H2,1-2H3. The summed E-state index contributed by atoms with van der Waals surface area (Å²) in [5, 5.41) is 11.2. The molecule has 0 heterocycles. The summed E-state index contributed by atoms with van der Waals surface area (Å²) in [4.78, 5) is 21.5. The average Bonchev–Trinajstić information content (AvgIpc) is 2.63. The van der Waals surface area contributed by atoms with Crippen molar-refractivity contribution in [2.75, 3.05) is 14.2 Å². The Morgan fingerprint density at radius 2 is 1.85 bits per heavy atom. The summed E-state index contributed by atoms with van der Waals surface area (Å²) in [5.41, 5.74) is 0.203. The highest BCUT2D eigenvalue weighted by molar-refractivity contribution is 7.89. The van der Waals surface area contributed by atoms with Gasteiger partial charge in [0, 0.05) is 6.07 Å². The Morgan fingerprint density at radius 3 is 2.38 bits per heavy atom. The number of esters is 1. The van der Waals surface area contributed by atoms with Crippen LogP contribution in [0.25, 0.3) is 0 Å². The second kappa shape index (κ2) is 7.93. The van der Waals surface area contributed by atoms with Crippen molar-refractivity contribution < 1.29 is 27.6 Å². The lowest BCUT2D eigenvalue weighted by molar-refractivity contribution is -0.385. The summed E-state index contributed by atoms with van der Waals surface area (Å²) in [7, 11) is -1.32. The van der Waals surface area contributed by atoms with Crippen molar-refractivity contribution in [1.82, 2.24) is 4.72 Å². The van der Waals surface area contributed by atoms with Gasteiger partial charge in [0.05, 0.1) is 23.3 Å². The molecule has 0 aromatic heterocycles. The maximum absolute atomic E-state index is 11.8. The lowest BCUT2D eigenvalue weighted by atomic mass is 10.1. The van der Waals surface area contributed by atoms with Crippen LogP contribution in [0, 0.1) is 10.1 Å². The Labute approximate surface area is 149 Å². The van der Waals surface area contributed by atoms with Gasteiger partial charge in [-0.15, -0.1) is 0 Å². The van der Waals surface area contributed by atoms with Crippen molar-refractivity contribution in [2.45, 2.75) is 11.3 Å². The molecule has 0 aliphatic carbocycles. The van der Waals surface area contributed by atoms with Gasteiger partial charge in [0.25, 0.3) is 0 Å². The highest BCUT2D eigenvalue weighted by atomic mass is 32.2. The van der Waals surface area contributed by atoms with Gasteiger partial charge < -0.3 is 9.47 Å². The smallest absolute Gasteiger partial charge is 0.312 e. The van der Waals surface area contributed by atoms with Crippen LogP contribution in [-0.2, 0) is 26.0 Å². The van der Waals surface area contributed by atoms with E-state index in [0.717, 1.165) is 6.07 Å². The van der Waals surface area contributed by atoms with Crippen molar-refractivity contribution >= 4 is 21.7 Å². The quantitative estimate of drug-likeness (QED) is 0.442. The Bertz CT molecular complexity index is 924. The number of carbonyl (C=O) groups is 1. The van der Waals surface area contributed by atoms with Crippen LogP contribution in [0.4, 0.5) is 5.69 Å². The van der Waals surface area contributed by atoms with E-state index in [1.54, 1.807) is 24.3 Å². The molecular formula is C16H16N2O7S. The monoisotopic (exact) mass is 380 g/mol. The van der Waals surface area contributed by atoms with E-state index in [9.17, 15) is 23.3 Å². The molecule has 2 aromatic carbocycles. The predicted molar refractivity (Wildman–Crippen MR) is 91.6 cm³/mol. The van der Waals surface area contributed by atoms with E-state index in [1.165, 1.54) is 26.3 Å². The summed E-state index contributed by atoms with van der Waals surface area (Å²) in [6, 6.07) is 9.67. The predicted octanol–water partition coefficient (Wildman–Crippen LogP) is 2.01. The molecule has 0 saturated heterocycles. The van der Waals surface area contributed by atoms with E-state index in [2.05, 4.69) is 9.46 Å². The maximum Gasteiger partial charge on any atom is 0.312 e. The minimum absolute atomic E-state index is 0.0908. The fourth-order valence-corrected chi connectivity index (χ4v) is 2.80. The van der Waals surface area contributed by atoms with Gasteiger partial charge in [0.15, 0.2) is 0 Å². The molecule has 0 saturated carbocycles. The van der Waals surface area contributed by atoms with E-state index in [1.807, 2.05) is 0 Å². The van der Waals surface area contributed by atoms with Gasteiger partial charge in [0.2, 0.25) is 15.8 Å². The number of nitro benzene ring substituents is 1. The molecular weight excluding hydrogens is 364 g/mol. The molecule has 0 amide bonds. The van der Waals surface area contributed by atoms with Crippen LogP contribution < -0.4 is 9.46 Å². The van der Waals surface area contributed by atoms with Crippen molar-refractivity contribution in [1.29, 1.82) is 0 Å². The van der Waals surface area contributed by atoms with E-state index in [4.69, 9.17) is 4.74 Å². The van der Waals surface area contributed by atoms with Crippen LogP contribution in [0.5, 0.6) is 11.5 Å². The van der Waals surface area contributed by atoms with Crippen LogP contribution in [0.2, 0.25) is 0 Å². The van der Waals surface area contributed by atoms with Gasteiger partial charge in [-0.3, -0.25) is 14.9 Å². The van der Waals surface area contributed by atoms with Crippen molar-refractivity contribution in [3.63, 3.8) is 0 Å². The number of carbonyl (C=O) groups excluding carboxylic acids is 1. The van der Waals surface area contributed by atoms with Crippen LogP contribution in [0.15, 0.2) is 47.4 Å². The van der Waals surface area contributed by atoms with E-state index >= 15 is 0 Å². The first-order valence-electron chi connectivity index (χ1n) is 7.32. The van der Waals surface area contributed by atoms with Crippen molar-refractivity contribution in [2.24, 2.45) is 0 Å². The number of benzene rings is 2. The SMILES string of the molecule is CNS(=O)(=O)c1ccc(Oc2ccc(CC(=O)OC)cc2)c([N+](=O)[O-])c1. The summed E-state index contributed by atoms with van der Waals surface area (Å²) < 4.78 is 35.7. The molecule has 0 aliphatic rings. The third-order valence-electron chi connectivity index (χ3n) is 3.43. The third-order valence-corrected chi connectivity index (χ3v) is 4.85. The molecule has 0 radical (unpaired) electrons. The highest BCUT2D eigenvalue weighted by Gasteiger charge is 2.21. The van der Waals surface area contributed by atoms with Crippen LogP contribution in [-0.4, -0.2) is 33.5 Å². The number of nitrogens with one attached hydrogen (secondary N) is 1. The number of nitro groups is 1. The average molecular weight is 380 g/mol. The van der Waals surface area contributed by atoms with Gasteiger partial charge in [-0.1, -0.05) is 12.1 Å². The van der Waals surface area contributed by atoms with Gasteiger partial charge in [-0.05, 0) is 36.9 Å². The molecule has 1 N–H and O–H groups in total. The zero-order valence-corrected chi connectivity index (χ0v) is 14.8. The first-order valence-corrected chi connectivity index (χ1v) is 8.80. The van der Waals surface area contributed by atoms with Crippen LogP contribution in [0.3, 0.4) is 0 Å². The lowest BCUT2D eigenvalue weighted by Crippen LogP contribution is -2.18. The van der Waals surface area contributed by atoms with Gasteiger partial charge >= 0.3 is 11.7 Å². The molecule has 2 aromatic rings. The maximum atomic E-state index is 11.8. The Hall–Kier alpha value is -2.98. The van der Waals surface area contributed by atoms with Crippen molar-refractivity contribution in [3.05, 3.63) is 58.1 Å². The Morgan fingerprint density at radius 1 is 1.19 bits per heavy atom. The molecule has 2 rings (SSSR count). The fraction of sp³-hybridized carbons (Fsp3) is 0.188. The zero-order valence-electron chi connectivity index (χ0n) is 14.0. The molecule has 0 atom stereocenters. The molecule has 10 heteroatoms. The highest BCUT2D eigenvalue weighted by Crippen LogP contribution is 2.33. The molecule has 0 bridgehead atoms. The normalized spacial score (nSPS) is 11.0. The largest absolute Gasteiger partial charge is 0.469 e. The molecule has 0 unspecified atom stereocenters. The zero-order chi connectivity index (χ0) is 19.3. The van der Waals surface area contributed by atoms with Crippen LogP contribution in [0.1, 0.15) is 5.56 Å². The first kappa shape index (κ1) is 19.3. The molecule has 26 heavy (non-hydrogen) atoms. The van der Waals surface area contributed by atoms with Crippen molar-refractivity contribution in [3.8, 4) is 11.5 Å². The fourth-order valence-electron chi connectivity index (χ4n) is 2.05. The molecule has 0 aliphatic heterocycles. The summed E-state index contributed by atoms with van der Waals surface area (Å²) in [6.07, 6.45) is 0.0908. The summed E-state index contributed by atoms with van der Waals surface area (Å²) in [5.74, 6) is -0.202. The molecule has 0 spiro atoms. The number of sulfonamides is 1. The number of hydrogen-bond acceptors (Lipinski definition) is 7. The second-order valence-corrected chi connectivity index (χ2v) is 6.98. The topological polar surface area (TPSA) is 125 Å². The minimum Gasteiger partial charge on any atom is -0.469 e. The second-order valence-electron chi connectivity index (χ2n) is 5.09. The number of ether oxygens (including phenoxy) is 2. The number of rotatable bonds is 7. The van der Waals surface area contributed by atoms with Gasteiger partial charge in [-0.25, -0.2) is 13.1 Å². The third kappa shape index (κ3) is 4.55. The number of methoxy groups -OCH3 is 1. The van der Waals surface area contributed by atoms with E-state index < -0.39 is 26.6 Å². The minimum atomic E-state index is -3.82. The Kier molecular flexibility index (Phi) is 5.90. The first-order chi connectivity index (χ1) is 12.3. The molecule has 0 fully saturated rings. The molecule has 9 nitrogen and oxygen atoms in total.